The first-order valence-corrected chi connectivity index (χ1v) is 11.4. The van der Waals surface area contributed by atoms with Crippen molar-refractivity contribution < 1.29 is 12.8 Å². The third-order valence-electron chi connectivity index (χ3n) is 4.22. The Morgan fingerprint density at radius 1 is 1.37 bits per heavy atom. The predicted octanol–water partition coefficient (Wildman–Crippen LogP) is 2.60. The van der Waals surface area contributed by atoms with Gasteiger partial charge in [-0.2, -0.15) is 4.31 Å². The minimum atomic E-state index is -3.19. The molecular formula is C13H27NO3SSi. The standard InChI is InChI=1S/C13H27NO3SSi/c1-8-11-9-12(10-14(11)18(5,15)16)17-19(6,7)13(2,3)4/h8,11-12H,1,9-10H2,2-7H3. The predicted molar refractivity (Wildman–Crippen MR) is 82.2 cm³/mol. The SMILES string of the molecule is C=CC1CC(O[Si](C)(C)C(C)(C)C)CN1S(C)(=O)=O. The number of rotatable bonds is 4. The van der Waals surface area contributed by atoms with Crippen LogP contribution in [0.5, 0.6) is 0 Å². The third-order valence-corrected chi connectivity index (χ3v) is 10.0. The van der Waals surface area contributed by atoms with Gasteiger partial charge in [0.05, 0.1) is 12.4 Å². The zero-order chi connectivity index (χ0) is 15.1. The molecular weight excluding hydrogens is 278 g/mol. The van der Waals surface area contributed by atoms with Gasteiger partial charge in [-0.15, -0.1) is 6.58 Å². The molecule has 1 aliphatic heterocycles. The first-order chi connectivity index (χ1) is 8.38. The highest BCUT2D eigenvalue weighted by Crippen LogP contribution is 2.39. The van der Waals surface area contributed by atoms with E-state index in [4.69, 9.17) is 4.43 Å². The minimum Gasteiger partial charge on any atom is -0.413 e. The Hall–Kier alpha value is -0.173. The highest BCUT2D eigenvalue weighted by molar-refractivity contribution is 7.88. The highest BCUT2D eigenvalue weighted by Gasteiger charge is 2.43. The van der Waals surface area contributed by atoms with Gasteiger partial charge in [-0.3, -0.25) is 0 Å². The molecule has 0 aromatic carbocycles. The topological polar surface area (TPSA) is 46.6 Å². The summed E-state index contributed by atoms with van der Waals surface area (Å²) in [4.78, 5) is 0. The number of sulfonamides is 1. The number of nitrogens with zero attached hydrogens (tertiary/aromatic N) is 1. The molecule has 0 saturated carbocycles. The Bertz CT molecular complexity index is 439. The fraction of sp³-hybridized carbons (Fsp3) is 0.846. The van der Waals surface area contributed by atoms with Gasteiger partial charge in [-0.1, -0.05) is 26.8 Å². The molecule has 1 aliphatic rings. The maximum absolute atomic E-state index is 11.7. The van der Waals surface area contributed by atoms with Crippen molar-refractivity contribution in [2.75, 3.05) is 12.8 Å². The molecule has 2 atom stereocenters. The Balaban J connectivity index is 2.83. The molecule has 0 N–H and O–H groups in total. The molecule has 0 amide bonds. The zero-order valence-electron chi connectivity index (χ0n) is 12.9. The first-order valence-electron chi connectivity index (χ1n) is 6.65. The summed E-state index contributed by atoms with van der Waals surface area (Å²) in [6.45, 7) is 15.1. The van der Waals surface area contributed by atoms with Crippen LogP contribution in [0.4, 0.5) is 0 Å². The van der Waals surface area contributed by atoms with Crippen molar-refractivity contribution in [2.45, 2.75) is 57.5 Å². The Labute approximate surface area is 119 Å². The lowest BCUT2D eigenvalue weighted by Crippen LogP contribution is -2.44. The molecule has 0 aromatic heterocycles. The van der Waals surface area contributed by atoms with Gasteiger partial charge in [0.2, 0.25) is 10.0 Å². The van der Waals surface area contributed by atoms with Gasteiger partial charge in [0, 0.05) is 12.6 Å². The number of hydrogen-bond acceptors (Lipinski definition) is 3. The van der Waals surface area contributed by atoms with Gasteiger partial charge in [0.15, 0.2) is 8.32 Å². The maximum Gasteiger partial charge on any atom is 0.211 e. The molecule has 1 rings (SSSR count). The average Bonchev–Trinajstić information content (AvgIpc) is 2.57. The lowest BCUT2D eigenvalue weighted by molar-refractivity contribution is 0.193. The van der Waals surface area contributed by atoms with Crippen LogP contribution < -0.4 is 0 Å². The highest BCUT2D eigenvalue weighted by atomic mass is 32.2. The second-order valence-corrected chi connectivity index (χ2v) is 13.6. The van der Waals surface area contributed by atoms with Crippen molar-refractivity contribution in [3.05, 3.63) is 12.7 Å². The van der Waals surface area contributed by atoms with E-state index in [2.05, 4.69) is 40.4 Å². The van der Waals surface area contributed by atoms with E-state index in [1.54, 1.807) is 6.08 Å². The molecule has 0 spiro atoms. The van der Waals surface area contributed by atoms with Crippen molar-refractivity contribution in [1.82, 2.24) is 4.31 Å². The molecule has 6 heteroatoms. The lowest BCUT2D eigenvalue weighted by Gasteiger charge is -2.38. The van der Waals surface area contributed by atoms with Gasteiger partial charge < -0.3 is 4.43 Å². The van der Waals surface area contributed by atoms with Crippen LogP contribution in [0.2, 0.25) is 18.1 Å². The van der Waals surface area contributed by atoms with E-state index < -0.39 is 18.3 Å². The van der Waals surface area contributed by atoms with E-state index in [1.165, 1.54) is 10.6 Å². The summed E-state index contributed by atoms with van der Waals surface area (Å²) in [5, 5.41) is 0.134. The molecule has 2 unspecified atom stereocenters. The van der Waals surface area contributed by atoms with E-state index in [0.717, 1.165) is 0 Å². The fourth-order valence-electron chi connectivity index (χ4n) is 2.07. The molecule has 0 aliphatic carbocycles. The van der Waals surface area contributed by atoms with Crippen LogP contribution in [0.25, 0.3) is 0 Å². The summed E-state index contributed by atoms with van der Waals surface area (Å²) in [5.41, 5.74) is 0. The van der Waals surface area contributed by atoms with Gasteiger partial charge in [-0.05, 0) is 24.6 Å². The normalized spacial score (nSPS) is 26.6. The average molecular weight is 306 g/mol. The summed E-state index contributed by atoms with van der Waals surface area (Å²) in [6.07, 6.45) is 3.65. The smallest absolute Gasteiger partial charge is 0.211 e. The van der Waals surface area contributed by atoms with Crippen LogP contribution in [0.1, 0.15) is 27.2 Å². The van der Waals surface area contributed by atoms with Gasteiger partial charge in [0.1, 0.15) is 0 Å². The Morgan fingerprint density at radius 3 is 2.21 bits per heavy atom. The fourth-order valence-corrected chi connectivity index (χ4v) is 4.53. The van der Waals surface area contributed by atoms with Crippen molar-refractivity contribution in [3.63, 3.8) is 0 Å². The van der Waals surface area contributed by atoms with Crippen LogP contribution in [0.3, 0.4) is 0 Å². The Kier molecular flexibility index (Phi) is 4.72. The van der Waals surface area contributed by atoms with E-state index in [0.29, 0.717) is 13.0 Å². The van der Waals surface area contributed by atoms with Crippen LogP contribution in [0, 0.1) is 0 Å². The van der Waals surface area contributed by atoms with Crippen LogP contribution in [0.15, 0.2) is 12.7 Å². The van der Waals surface area contributed by atoms with Crippen molar-refractivity contribution in [3.8, 4) is 0 Å². The first kappa shape index (κ1) is 16.9. The molecule has 1 saturated heterocycles. The summed E-state index contributed by atoms with van der Waals surface area (Å²) < 4.78 is 31.3. The van der Waals surface area contributed by atoms with Crippen LogP contribution in [-0.2, 0) is 14.4 Å². The maximum atomic E-state index is 11.7. The lowest BCUT2D eigenvalue weighted by atomic mass is 10.2. The summed E-state index contributed by atoms with van der Waals surface area (Å²) in [7, 11) is -5.05. The number of hydrogen-bond donors (Lipinski definition) is 0. The van der Waals surface area contributed by atoms with E-state index in [-0.39, 0.29) is 17.2 Å². The second-order valence-electron chi connectivity index (χ2n) is 6.87. The van der Waals surface area contributed by atoms with E-state index in [9.17, 15) is 8.42 Å². The van der Waals surface area contributed by atoms with Crippen molar-refractivity contribution in [1.29, 1.82) is 0 Å². The van der Waals surface area contributed by atoms with E-state index >= 15 is 0 Å². The molecule has 1 heterocycles. The summed E-state index contributed by atoms with van der Waals surface area (Å²) in [6, 6.07) is -0.134. The zero-order valence-corrected chi connectivity index (χ0v) is 14.8. The summed E-state index contributed by atoms with van der Waals surface area (Å²) in [5.74, 6) is 0. The van der Waals surface area contributed by atoms with E-state index in [1.807, 2.05) is 0 Å². The molecule has 0 bridgehead atoms. The monoisotopic (exact) mass is 305 g/mol. The van der Waals surface area contributed by atoms with Gasteiger partial charge in [0.25, 0.3) is 0 Å². The Morgan fingerprint density at radius 2 is 1.89 bits per heavy atom. The molecule has 19 heavy (non-hydrogen) atoms. The van der Waals surface area contributed by atoms with Crippen molar-refractivity contribution in [2.24, 2.45) is 0 Å². The van der Waals surface area contributed by atoms with Crippen LogP contribution >= 0.6 is 0 Å². The quantitative estimate of drug-likeness (QED) is 0.592. The van der Waals surface area contributed by atoms with Crippen molar-refractivity contribution >= 4 is 18.3 Å². The molecule has 112 valence electrons. The van der Waals surface area contributed by atoms with Gasteiger partial charge >= 0.3 is 0 Å². The second kappa shape index (κ2) is 5.31. The molecule has 4 nitrogen and oxygen atoms in total. The molecule has 0 aromatic rings. The third kappa shape index (κ3) is 3.90. The molecule has 0 radical (unpaired) electrons. The summed E-state index contributed by atoms with van der Waals surface area (Å²) >= 11 is 0. The molecule has 1 fully saturated rings. The minimum absolute atomic E-state index is 0.0152. The largest absolute Gasteiger partial charge is 0.413 e. The van der Waals surface area contributed by atoms with Crippen LogP contribution in [-0.4, -0.2) is 46.0 Å². The van der Waals surface area contributed by atoms with Gasteiger partial charge in [-0.25, -0.2) is 8.42 Å².